The summed E-state index contributed by atoms with van der Waals surface area (Å²) in [4.78, 5) is 17.1. The highest BCUT2D eigenvalue weighted by Gasteiger charge is 2.29. The first-order valence-electron chi connectivity index (χ1n) is 7.09. The van der Waals surface area contributed by atoms with Crippen LogP contribution in [0, 0.1) is 5.92 Å². The van der Waals surface area contributed by atoms with Gasteiger partial charge < -0.3 is 14.6 Å². The standard InChI is InChI=1S/C16H20N2O2/c1-20-7-6-18-11-13(10-16(18)19)8-12-2-3-14-4-5-17-15(14)9-12/h2-5,9,13,17H,6-8,10-11H2,1H3/t13-/m1/s1. The second-order valence-corrected chi connectivity index (χ2v) is 5.51. The minimum Gasteiger partial charge on any atom is -0.383 e. The van der Waals surface area contributed by atoms with Gasteiger partial charge in [-0.15, -0.1) is 0 Å². The van der Waals surface area contributed by atoms with Crippen molar-refractivity contribution in [2.75, 3.05) is 26.8 Å². The number of hydrogen-bond acceptors (Lipinski definition) is 2. The minimum absolute atomic E-state index is 0.257. The topological polar surface area (TPSA) is 45.3 Å². The number of rotatable bonds is 5. The summed E-state index contributed by atoms with van der Waals surface area (Å²) in [6.07, 6.45) is 3.58. The molecule has 0 bridgehead atoms. The quantitative estimate of drug-likeness (QED) is 0.907. The lowest BCUT2D eigenvalue weighted by Gasteiger charge is -2.15. The molecule has 1 atom stereocenters. The predicted octanol–water partition coefficient (Wildman–Crippen LogP) is 2.21. The monoisotopic (exact) mass is 272 g/mol. The van der Waals surface area contributed by atoms with Crippen molar-refractivity contribution in [1.29, 1.82) is 0 Å². The van der Waals surface area contributed by atoms with Crippen LogP contribution < -0.4 is 0 Å². The highest BCUT2D eigenvalue weighted by atomic mass is 16.5. The van der Waals surface area contributed by atoms with Crippen molar-refractivity contribution >= 4 is 16.8 Å². The van der Waals surface area contributed by atoms with Gasteiger partial charge in [-0.3, -0.25) is 4.79 Å². The maximum absolute atomic E-state index is 11.9. The third kappa shape index (κ3) is 2.70. The van der Waals surface area contributed by atoms with Crippen LogP contribution in [0.2, 0.25) is 0 Å². The molecule has 1 N–H and O–H groups in total. The normalized spacial score (nSPS) is 19.1. The van der Waals surface area contributed by atoms with Crippen molar-refractivity contribution in [2.45, 2.75) is 12.8 Å². The summed E-state index contributed by atoms with van der Waals surface area (Å²) in [5.41, 5.74) is 2.47. The number of benzene rings is 1. The maximum atomic E-state index is 11.9. The molecule has 0 radical (unpaired) electrons. The zero-order chi connectivity index (χ0) is 13.9. The van der Waals surface area contributed by atoms with Gasteiger partial charge in [-0.1, -0.05) is 12.1 Å². The Balaban J connectivity index is 1.64. The van der Waals surface area contributed by atoms with Crippen LogP contribution in [-0.4, -0.2) is 42.6 Å². The van der Waals surface area contributed by atoms with E-state index in [2.05, 4.69) is 29.2 Å². The van der Waals surface area contributed by atoms with Crippen LogP contribution in [-0.2, 0) is 16.0 Å². The Morgan fingerprint density at radius 1 is 1.40 bits per heavy atom. The first-order chi connectivity index (χ1) is 9.76. The van der Waals surface area contributed by atoms with E-state index in [1.165, 1.54) is 16.5 Å². The number of methoxy groups -OCH3 is 1. The zero-order valence-corrected chi connectivity index (χ0v) is 11.8. The van der Waals surface area contributed by atoms with Crippen LogP contribution in [0.4, 0.5) is 0 Å². The second-order valence-electron chi connectivity index (χ2n) is 5.51. The van der Waals surface area contributed by atoms with Gasteiger partial charge in [0.05, 0.1) is 6.61 Å². The molecule has 2 heterocycles. The molecule has 1 aliphatic rings. The van der Waals surface area contributed by atoms with E-state index in [1.54, 1.807) is 7.11 Å². The number of aromatic amines is 1. The van der Waals surface area contributed by atoms with Crippen LogP contribution in [0.1, 0.15) is 12.0 Å². The Morgan fingerprint density at radius 3 is 3.15 bits per heavy atom. The molecule has 4 nitrogen and oxygen atoms in total. The molecular formula is C16H20N2O2. The Kier molecular flexibility index (Phi) is 3.74. The van der Waals surface area contributed by atoms with E-state index in [0.717, 1.165) is 13.0 Å². The molecule has 0 unspecified atom stereocenters. The first-order valence-corrected chi connectivity index (χ1v) is 7.09. The molecule has 4 heteroatoms. The number of H-pyrrole nitrogens is 1. The number of hydrogen-bond donors (Lipinski definition) is 1. The fraction of sp³-hybridized carbons (Fsp3) is 0.438. The fourth-order valence-electron chi connectivity index (χ4n) is 2.96. The Labute approximate surface area is 118 Å². The van der Waals surface area contributed by atoms with E-state index in [4.69, 9.17) is 4.74 Å². The summed E-state index contributed by atoms with van der Waals surface area (Å²) >= 11 is 0. The molecule has 106 valence electrons. The molecule has 1 fully saturated rings. The molecule has 1 aromatic carbocycles. The second kappa shape index (κ2) is 5.67. The van der Waals surface area contributed by atoms with E-state index >= 15 is 0 Å². The van der Waals surface area contributed by atoms with E-state index in [-0.39, 0.29) is 5.91 Å². The van der Waals surface area contributed by atoms with E-state index < -0.39 is 0 Å². The van der Waals surface area contributed by atoms with Gasteiger partial charge in [-0.2, -0.15) is 0 Å². The molecule has 3 rings (SSSR count). The summed E-state index contributed by atoms with van der Waals surface area (Å²) in [6, 6.07) is 8.57. The molecule has 20 heavy (non-hydrogen) atoms. The van der Waals surface area contributed by atoms with Crippen molar-refractivity contribution in [3.05, 3.63) is 36.0 Å². The lowest BCUT2D eigenvalue weighted by molar-refractivity contribution is -0.128. The van der Waals surface area contributed by atoms with Crippen molar-refractivity contribution in [3.8, 4) is 0 Å². The number of likely N-dealkylation sites (tertiary alicyclic amines) is 1. The SMILES string of the molecule is COCCN1C[C@H](Cc2ccc3cc[nH]c3c2)CC1=O. The zero-order valence-electron chi connectivity index (χ0n) is 11.8. The number of nitrogens with one attached hydrogen (secondary N) is 1. The van der Waals surface area contributed by atoms with Crippen LogP contribution in [0.25, 0.3) is 10.9 Å². The Bertz CT molecular complexity index is 605. The average Bonchev–Trinajstić information content (AvgIpc) is 3.03. The van der Waals surface area contributed by atoms with Crippen molar-refractivity contribution in [1.82, 2.24) is 9.88 Å². The van der Waals surface area contributed by atoms with Crippen LogP contribution in [0.3, 0.4) is 0 Å². The molecule has 0 aliphatic carbocycles. The van der Waals surface area contributed by atoms with Crippen LogP contribution in [0.15, 0.2) is 30.5 Å². The third-order valence-corrected chi connectivity index (χ3v) is 4.00. The lowest BCUT2D eigenvalue weighted by Crippen LogP contribution is -2.28. The number of nitrogens with zero attached hydrogens (tertiary/aromatic N) is 1. The lowest BCUT2D eigenvalue weighted by atomic mass is 9.98. The highest BCUT2D eigenvalue weighted by molar-refractivity contribution is 5.80. The molecule has 0 spiro atoms. The van der Waals surface area contributed by atoms with Crippen molar-refractivity contribution in [3.63, 3.8) is 0 Å². The molecule has 2 aromatic rings. The molecule has 1 saturated heterocycles. The number of carbonyl (C=O) groups excluding carboxylic acids is 1. The number of aromatic nitrogens is 1. The van der Waals surface area contributed by atoms with Crippen molar-refractivity contribution < 1.29 is 9.53 Å². The Hall–Kier alpha value is -1.81. The van der Waals surface area contributed by atoms with Gasteiger partial charge in [0.15, 0.2) is 0 Å². The van der Waals surface area contributed by atoms with Gasteiger partial charge in [0.1, 0.15) is 0 Å². The number of fused-ring (bicyclic) bond motifs is 1. The van der Waals surface area contributed by atoms with Gasteiger partial charge in [0.25, 0.3) is 0 Å². The van der Waals surface area contributed by atoms with Gasteiger partial charge in [0.2, 0.25) is 5.91 Å². The summed E-state index contributed by atoms with van der Waals surface area (Å²) in [5.74, 6) is 0.680. The average molecular weight is 272 g/mol. The van der Waals surface area contributed by atoms with E-state index in [0.29, 0.717) is 25.5 Å². The van der Waals surface area contributed by atoms with Gasteiger partial charge >= 0.3 is 0 Å². The summed E-state index contributed by atoms with van der Waals surface area (Å²) in [5, 5.41) is 1.23. The number of ether oxygens (including phenoxy) is 1. The predicted molar refractivity (Wildman–Crippen MR) is 78.6 cm³/mol. The van der Waals surface area contributed by atoms with E-state index in [9.17, 15) is 4.79 Å². The van der Waals surface area contributed by atoms with Crippen molar-refractivity contribution in [2.24, 2.45) is 5.92 Å². The minimum atomic E-state index is 0.257. The molecule has 1 aromatic heterocycles. The van der Waals surface area contributed by atoms with Gasteiger partial charge in [-0.25, -0.2) is 0 Å². The maximum Gasteiger partial charge on any atom is 0.223 e. The van der Waals surface area contributed by atoms with Gasteiger partial charge in [-0.05, 0) is 35.4 Å². The fourth-order valence-corrected chi connectivity index (χ4v) is 2.96. The molecule has 1 amide bonds. The smallest absolute Gasteiger partial charge is 0.223 e. The van der Waals surface area contributed by atoms with E-state index in [1.807, 2.05) is 11.1 Å². The van der Waals surface area contributed by atoms with Gasteiger partial charge in [0, 0.05) is 38.3 Å². The number of carbonyl (C=O) groups is 1. The largest absolute Gasteiger partial charge is 0.383 e. The Morgan fingerprint density at radius 2 is 2.30 bits per heavy atom. The molecular weight excluding hydrogens is 252 g/mol. The van der Waals surface area contributed by atoms with Crippen LogP contribution >= 0.6 is 0 Å². The summed E-state index contributed by atoms with van der Waals surface area (Å²) < 4.78 is 5.05. The first kappa shape index (κ1) is 13.2. The van der Waals surface area contributed by atoms with Crippen LogP contribution in [0.5, 0.6) is 0 Å². The third-order valence-electron chi connectivity index (χ3n) is 4.00. The summed E-state index contributed by atoms with van der Waals surface area (Å²) in [7, 11) is 1.67. The highest BCUT2D eigenvalue weighted by Crippen LogP contribution is 2.23. The molecule has 1 aliphatic heterocycles. The number of amides is 1. The summed E-state index contributed by atoms with van der Waals surface area (Å²) in [6.45, 7) is 2.18. The molecule has 0 saturated carbocycles.